The van der Waals surface area contributed by atoms with Crippen LogP contribution in [0.5, 0.6) is 16.7 Å². The molecule has 29 heavy (non-hydrogen) atoms. The summed E-state index contributed by atoms with van der Waals surface area (Å²) < 4.78 is 44.6. The number of piperidine rings is 1. The summed E-state index contributed by atoms with van der Waals surface area (Å²) in [6.07, 6.45) is 1.18. The predicted molar refractivity (Wildman–Crippen MR) is 112 cm³/mol. The third-order valence-corrected chi connectivity index (χ3v) is 7.76. The molecule has 7 nitrogen and oxygen atoms in total. The number of hydrogen-bond acceptors (Lipinski definition) is 7. The van der Waals surface area contributed by atoms with Gasteiger partial charge in [0.2, 0.25) is 10.0 Å². The van der Waals surface area contributed by atoms with E-state index in [2.05, 4.69) is 4.98 Å². The van der Waals surface area contributed by atoms with Gasteiger partial charge in [0, 0.05) is 13.1 Å². The monoisotopic (exact) mass is 434 g/mol. The number of nitrogens with zero attached hydrogens (tertiary/aromatic N) is 2. The molecule has 1 fully saturated rings. The van der Waals surface area contributed by atoms with Gasteiger partial charge >= 0.3 is 0 Å². The zero-order valence-electron chi connectivity index (χ0n) is 16.2. The van der Waals surface area contributed by atoms with E-state index in [4.69, 9.17) is 14.2 Å². The average Bonchev–Trinajstić information content (AvgIpc) is 3.15. The lowest BCUT2D eigenvalue weighted by molar-refractivity contribution is 0.135. The van der Waals surface area contributed by atoms with Crippen molar-refractivity contribution in [3.05, 3.63) is 42.5 Å². The maximum absolute atomic E-state index is 12.9. The van der Waals surface area contributed by atoms with E-state index < -0.39 is 10.0 Å². The highest BCUT2D eigenvalue weighted by atomic mass is 32.2. The van der Waals surface area contributed by atoms with Crippen LogP contribution < -0.4 is 14.2 Å². The van der Waals surface area contributed by atoms with E-state index in [1.165, 1.54) is 15.6 Å². The molecular weight excluding hydrogens is 412 g/mol. The van der Waals surface area contributed by atoms with Crippen LogP contribution in [0.3, 0.4) is 0 Å². The first-order chi connectivity index (χ1) is 14.0. The molecule has 0 N–H and O–H groups in total. The molecule has 2 heterocycles. The molecule has 9 heteroatoms. The molecule has 0 radical (unpaired) electrons. The minimum absolute atomic E-state index is 0.0558. The van der Waals surface area contributed by atoms with Gasteiger partial charge in [-0.25, -0.2) is 13.4 Å². The summed E-state index contributed by atoms with van der Waals surface area (Å²) in [5.74, 6) is 1.41. The fraction of sp³-hybridized carbons (Fsp3) is 0.350. The summed E-state index contributed by atoms with van der Waals surface area (Å²) >= 11 is 1.47. The van der Waals surface area contributed by atoms with Gasteiger partial charge in [0.1, 0.15) is 17.6 Å². The summed E-state index contributed by atoms with van der Waals surface area (Å²) in [7, 11) is -0.332. The average molecular weight is 435 g/mol. The third-order valence-electron chi connectivity index (χ3n) is 4.94. The topological polar surface area (TPSA) is 78.0 Å². The van der Waals surface area contributed by atoms with Crippen LogP contribution >= 0.6 is 11.3 Å². The van der Waals surface area contributed by atoms with Gasteiger partial charge in [0.15, 0.2) is 0 Å². The van der Waals surface area contributed by atoms with Gasteiger partial charge in [-0.15, -0.1) is 0 Å². The van der Waals surface area contributed by atoms with Crippen LogP contribution in [0.1, 0.15) is 12.8 Å². The molecule has 1 aliphatic heterocycles. The van der Waals surface area contributed by atoms with E-state index >= 15 is 0 Å². The van der Waals surface area contributed by atoms with Crippen LogP contribution in [0.15, 0.2) is 47.4 Å². The Hall–Kier alpha value is -2.36. The fourth-order valence-corrected chi connectivity index (χ4v) is 5.67. The van der Waals surface area contributed by atoms with Crippen molar-refractivity contribution in [2.24, 2.45) is 0 Å². The van der Waals surface area contributed by atoms with Gasteiger partial charge in [0.05, 0.1) is 29.3 Å². The number of fused-ring (bicyclic) bond motifs is 1. The molecule has 3 aromatic rings. The molecule has 0 amide bonds. The molecule has 0 atom stereocenters. The van der Waals surface area contributed by atoms with Crippen LogP contribution in [-0.4, -0.2) is 51.1 Å². The Bertz CT molecular complexity index is 1090. The van der Waals surface area contributed by atoms with Crippen molar-refractivity contribution in [1.29, 1.82) is 0 Å². The lowest BCUT2D eigenvalue weighted by Crippen LogP contribution is -2.41. The predicted octanol–water partition coefficient (Wildman–Crippen LogP) is 3.55. The van der Waals surface area contributed by atoms with Crippen LogP contribution in [-0.2, 0) is 10.0 Å². The first-order valence-corrected chi connectivity index (χ1v) is 11.5. The van der Waals surface area contributed by atoms with Crippen LogP contribution in [0.2, 0.25) is 0 Å². The van der Waals surface area contributed by atoms with E-state index in [0.717, 1.165) is 16.0 Å². The number of sulfonamides is 1. The van der Waals surface area contributed by atoms with Crippen LogP contribution in [0.25, 0.3) is 10.2 Å². The summed E-state index contributed by atoms with van der Waals surface area (Å²) in [4.78, 5) is 4.79. The van der Waals surface area contributed by atoms with Gasteiger partial charge in [0.25, 0.3) is 5.19 Å². The number of aromatic nitrogens is 1. The minimum Gasteiger partial charge on any atom is -0.497 e. The second-order valence-electron chi connectivity index (χ2n) is 6.71. The van der Waals surface area contributed by atoms with Gasteiger partial charge in [-0.05, 0) is 55.3 Å². The van der Waals surface area contributed by atoms with Crippen molar-refractivity contribution in [1.82, 2.24) is 9.29 Å². The van der Waals surface area contributed by atoms with Crippen molar-refractivity contribution in [2.45, 2.75) is 23.8 Å². The number of benzene rings is 2. The Balaban J connectivity index is 1.40. The largest absolute Gasteiger partial charge is 0.497 e. The Morgan fingerprint density at radius 1 is 1.00 bits per heavy atom. The van der Waals surface area contributed by atoms with E-state index in [9.17, 15) is 8.42 Å². The summed E-state index contributed by atoms with van der Waals surface area (Å²) in [6.45, 7) is 0.829. The second-order valence-corrected chi connectivity index (χ2v) is 9.64. The van der Waals surface area contributed by atoms with Crippen molar-refractivity contribution >= 4 is 31.6 Å². The van der Waals surface area contributed by atoms with E-state index in [0.29, 0.717) is 36.9 Å². The van der Waals surface area contributed by atoms with Gasteiger partial charge < -0.3 is 14.2 Å². The molecule has 4 rings (SSSR count). The highest BCUT2D eigenvalue weighted by Gasteiger charge is 2.30. The van der Waals surface area contributed by atoms with E-state index in [1.807, 2.05) is 18.2 Å². The zero-order chi connectivity index (χ0) is 20.4. The first-order valence-electron chi connectivity index (χ1n) is 9.25. The standard InChI is InChI=1S/C20H22N2O5S2/c1-25-14-3-6-17(7-4-14)29(23,24)22-11-9-15(10-12-22)27-20-21-18-8-5-16(26-2)13-19(18)28-20/h3-8,13,15H,9-12H2,1-2H3. The van der Waals surface area contributed by atoms with Gasteiger partial charge in [-0.2, -0.15) is 4.31 Å². The minimum atomic E-state index is -3.52. The number of ether oxygens (including phenoxy) is 3. The maximum atomic E-state index is 12.9. The molecule has 0 unspecified atom stereocenters. The van der Waals surface area contributed by atoms with Crippen molar-refractivity contribution in [3.63, 3.8) is 0 Å². The Morgan fingerprint density at radius 2 is 1.66 bits per heavy atom. The first kappa shape index (κ1) is 19.9. The summed E-state index contributed by atoms with van der Waals surface area (Å²) in [6, 6.07) is 12.2. The highest BCUT2D eigenvalue weighted by molar-refractivity contribution is 7.89. The Kier molecular flexibility index (Phi) is 5.62. The fourth-order valence-electron chi connectivity index (χ4n) is 3.29. The third kappa shape index (κ3) is 4.17. The smallest absolute Gasteiger partial charge is 0.274 e. The molecule has 0 aliphatic carbocycles. The van der Waals surface area contributed by atoms with E-state index in [-0.39, 0.29) is 11.0 Å². The molecule has 154 valence electrons. The van der Waals surface area contributed by atoms with Crippen molar-refractivity contribution in [3.8, 4) is 16.7 Å². The molecule has 0 bridgehead atoms. The quantitative estimate of drug-likeness (QED) is 0.591. The summed E-state index contributed by atoms with van der Waals surface area (Å²) in [5.41, 5.74) is 0.866. The molecule has 0 saturated carbocycles. The molecular formula is C20H22N2O5S2. The lowest BCUT2D eigenvalue weighted by Gasteiger charge is -2.30. The second kappa shape index (κ2) is 8.17. The maximum Gasteiger partial charge on any atom is 0.274 e. The number of hydrogen-bond donors (Lipinski definition) is 0. The SMILES string of the molecule is COc1ccc(S(=O)(=O)N2CCC(Oc3nc4ccc(OC)cc4s3)CC2)cc1. The van der Waals surface area contributed by atoms with E-state index in [1.54, 1.807) is 38.5 Å². The number of rotatable bonds is 6. The molecule has 2 aromatic carbocycles. The number of methoxy groups -OCH3 is 2. The van der Waals surface area contributed by atoms with Gasteiger partial charge in [-0.3, -0.25) is 0 Å². The molecule has 1 saturated heterocycles. The van der Waals surface area contributed by atoms with Gasteiger partial charge in [-0.1, -0.05) is 11.3 Å². The van der Waals surface area contributed by atoms with Crippen molar-refractivity contribution < 1.29 is 22.6 Å². The normalized spacial score (nSPS) is 16.1. The zero-order valence-corrected chi connectivity index (χ0v) is 17.8. The number of thiazole rings is 1. The highest BCUT2D eigenvalue weighted by Crippen LogP contribution is 2.32. The molecule has 1 aliphatic rings. The van der Waals surface area contributed by atoms with Crippen LogP contribution in [0.4, 0.5) is 0 Å². The van der Waals surface area contributed by atoms with Crippen molar-refractivity contribution in [2.75, 3.05) is 27.3 Å². The van der Waals surface area contributed by atoms with Crippen LogP contribution in [0, 0.1) is 0 Å². The molecule has 1 aromatic heterocycles. The Morgan fingerprint density at radius 3 is 2.31 bits per heavy atom. The molecule has 0 spiro atoms. The Labute approximate surface area is 173 Å². The lowest BCUT2D eigenvalue weighted by atomic mass is 10.1. The summed E-state index contributed by atoms with van der Waals surface area (Å²) in [5, 5.41) is 0.602.